The van der Waals surface area contributed by atoms with Crippen LogP contribution in [0.2, 0.25) is 0 Å². The molecule has 0 radical (unpaired) electrons. The van der Waals surface area contributed by atoms with Crippen molar-refractivity contribution < 1.29 is 0 Å². The van der Waals surface area contributed by atoms with E-state index >= 15 is 0 Å². The second kappa shape index (κ2) is 4.55. The quantitative estimate of drug-likeness (QED) is 0.731. The SMILES string of the molecule is C1=CN(c2ccccc2)N(c2ccccc2)S1. The Hall–Kier alpha value is -1.87. The topological polar surface area (TPSA) is 6.48 Å². The minimum atomic E-state index is 1.16. The van der Waals surface area contributed by atoms with E-state index in [0.717, 1.165) is 5.69 Å². The van der Waals surface area contributed by atoms with E-state index in [0.29, 0.717) is 0 Å². The van der Waals surface area contributed by atoms with Crippen LogP contribution in [0, 0.1) is 0 Å². The summed E-state index contributed by atoms with van der Waals surface area (Å²) in [6, 6.07) is 20.7. The minimum Gasteiger partial charge on any atom is -0.250 e. The molecular weight excluding hydrogens is 228 g/mol. The molecule has 0 fully saturated rings. The average Bonchev–Trinajstić information content (AvgIpc) is 2.90. The predicted octanol–water partition coefficient (Wildman–Crippen LogP) is 4.05. The van der Waals surface area contributed by atoms with Gasteiger partial charge in [-0.25, -0.2) is 9.42 Å². The Labute approximate surface area is 105 Å². The van der Waals surface area contributed by atoms with Crippen LogP contribution in [-0.4, -0.2) is 0 Å². The molecule has 3 rings (SSSR count). The maximum absolute atomic E-state index is 2.16. The zero-order valence-electron chi connectivity index (χ0n) is 9.23. The summed E-state index contributed by atoms with van der Waals surface area (Å²) in [6.45, 7) is 0. The lowest BCUT2D eigenvalue weighted by Gasteiger charge is -2.29. The van der Waals surface area contributed by atoms with Gasteiger partial charge in [-0.05, 0) is 24.3 Å². The van der Waals surface area contributed by atoms with Gasteiger partial charge in [0, 0.05) is 23.6 Å². The van der Waals surface area contributed by atoms with E-state index < -0.39 is 0 Å². The van der Waals surface area contributed by atoms with Crippen molar-refractivity contribution in [2.24, 2.45) is 0 Å². The van der Waals surface area contributed by atoms with Crippen molar-refractivity contribution in [3.8, 4) is 0 Å². The molecule has 0 saturated carbocycles. The minimum absolute atomic E-state index is 1.16. The Morgan fingerprint density at radius 1 is 0.706 bits per heavy atom. The predicted molar refractivity (Wildman–Crippen MR) is 74.6 cm³/mol. The van der Waals surface area contributed by atoms with Gasteiger partial charge >= 0.3 is 0 Å². The van der Waals surface area contributed by atoms with E-state index in [1.807, 2.05) is 12.1 Å². The first-order valence-corrected chi connectivity index (χ1v) is 6.31. The van der Waals surface area contributed by atoms with Gasteiger partial charge in [0.25, 0.3) is 0 Å². The van der Waals surface area contributed by atoms with Crippen LogP contribution in [0.5, 0.6) is 0 Å². The summed E-state index contributed by atoms with van der Waals surface area (Å²) in [7, 11) is 0. The summed E-state index contributed by atoms with van der Waals surface area (Å²) >= 11 is 1.68. The molecule has 0 aromatic heterocycles. The van der Waals surface area contributed by atoms with Crippen LogP contribution in [0.1, 0.15) is 0 Å². The summed E-state index contributed by atoms with van der Waals surface area (Å²) in [6.07, 6.45) is 2.08. The maximum atomic E-state index is 2.16. The molecule has 2 aromatic carbocycles. The van der Waals surface area contributed by atoms with Gasteiger partial charge in [0.1, 0.15) is 0 Å². The van der Waals surface area contributed by atoms with Crippen molar-refractivity contribution in [2.45, 2.75) is 0 Å². The molecule has 2 aromatic rings. The number of hydrogen-bond donors (Lipinski definition) is 0. The van der Waals surface area contributed by atoms with E-state index in [-0.39, 0.29) is 0 Å². The van der Waals surface area contributed by atoms with E-state index in [1.165, 1.54) is 5.69 Å². The molecule has 0 unspecified atom stereocenters. The van der Waals surface area contributed by atoms with Crippen LogP contribution in [0.25, 0.3) is 0 Å². The number of para-hydroxylation sites is 2. The van der Waals surface area contributed by atoms with Crippen molar-refractivity contribution in [2.75, 3.05) is 9.42 Å². The second-order valence-corrected chi connectivity index (χ2v) is 4.51. The first kappa shape index (κ1) is 10.3. The molecular formula is C14H12N2S. The van der Waals surface area contributed by atoms with Crippen LogP contribution in [-0.2, 0) is 0 Å². The molecule has 2 nitrogen and oxygen atoms in total. The number of hydrazine groups is 1. The highest BCUT2D eigenvalue weighted by Crippen LogP contribution is 2.33. The summed E-state index contributed by atoms with van der Waals surface area (Å²) in [5.74, 6) is 0. The second-order valence-electron chi connectivity index (χ2n) is 3.68. The largest absolute Gasteiger partial charge is 0.250 e. The van der Waals surface area contributed by atoms with Gasteiger partial charge in [0.2, 0.25) is 0 Å². The van der Waals surface area contributed by atoms with Gasteiger partial charge in [-0.1, -0.05) is 36.4 Å². The highest BCUT2D eigenvalue weighted by molar-refractivity contribution is 8.03. The third-order valence-electron chi connectivity index (χ3n) is 2.56. The van der Waals surface area contributed by atoms with Gasteiger partial charge in [-0.15, -0.1) is 0 Å². The van der Waals surface area contributed by atoms with Crippen LogP contribution >= 0.6 is 11.9 Å². The van der Waals surface area contributed by atoms with Crippen LogP contribution in [0.4, 0.5) is 11.4 Å². The lowest BCUT2D eigenvalue weighted by atomic mass is 10.3. The van der Waals surface area contributed by atoms with E-state index in [1.54, 1.807) is 11.9 Å². The van der Waals surface area contributed by atoms with Crippen molar-refractivity contribution in [1.82, 2.24) is 0 Å². The first-order valence-electron chi connectivity index (χ1n) is 5.48. The number of benzene rings is 2. The molecule has 0 amide bonds. The Kier molecular flexibility index (Phi) is 2.76. The van der Waals surface area contributed by atoms with Gasteiger partial charge < -0.3 is 0 Å². The zero-order valence-corrected chi connectivity index (χ0v) is 10.0. The van der Waals surface area contributed by atoms with Crippen molar-refractivity contribution in [3.63, 3.8) is 0 Å². The highest BCUT2D eigenvalue weighted by Gasteiger charge is 2.18. The molecule has 1 aliphatic heterocycles. The van der Waals surface area contributed by atoms with Crippen molar-refractivity contribution >= 4 is 23.3 Å². The summed E-state index contributed by atoms with van der Waals surface area (Å²) in [5, 5.41) is 4.22. The lowest BCUT2D eigenvalue weighted by molar-refractivity contribution is 1.08. The van der Waals surface area contributed by atoms with E-state index in [9.17, 15) is 0 Å². The number of rotatable bonds is 2. The molecule has 0 bridgehead atoms. The smallest absolute Gasteiger partial charge is 0.0710 e. The molecule has 0 atom stereocenters. The number of nitrogens with zero attached hydrogens (tertiary/aromatic N) is 2. The van der Waals surface area contributed by atoms with E-state index in [2.05, 4.69) is 69.6 Å². The third kappa shape index (κ3) is 2.01. The molecule has 0 aliphatic carbocycles. The van der Waals surface area contributed by atoms with Crippen molar-refractivity contribution in [1.29, 1.82) is 0 Å². The first-order chi connectivity index (χ1) is 8.45. The fraction of sp³-hybridized carbons (Fsp3) is 0. The number of hydrogen-bond acceptors (Lipinski definition) is 3. The van der Waals surface area contributed by atoms with Gasteiger partial charge in [-0.2, -0.15) is 0 Å². The van der Waals surface area contributed by atoms with Crippen molar-refractivity contribution in [3.05, 3.63) is 72.3 Å². The highest BCUT2D eigenvalue weighted by atomic mass is 32.2. The molecule has 1 heterocycles. The standard InChI is InChI=1S/C14H12N2S/c1-3-7-13(8-4-1)15-11-12-17-16(15)14-9-5-2-6-10-14/h1-12H. The Morgan fingerprint density at radius 3 is 1.94 bits per heavy atom. The normalized spacial score (nSPS) is 14.4. The summed E-state index contributed by atoms with van der Waals surface area (Å²) in [5.41, 5.74) is 2.34. The molecule has 0 spiro atoms. The Morgan fingerprint density at radius 2 is 1.29 bits per heavy atom. The fourth-order valence-electron chi connectivity index (χ4n) is 1.77. The molecule has 0 saturated heterocycles. The van der Waals surface area contributed by atoms with Gasteiger partial charge in [-0.3, -0.25) is 0 Å². The van der Waals surface area contributed by atoms with Gasteiger partial charge in [0.05, 0.1) is 11.4 Å². The lowest BCUT2D eigenvalue weighted by Crippen LogP contribution is -2.29. The fourth-order valence-corrected chi connectivity index (χ4v) is 2.55. The third-order valence-corrected chi connectivity index (χ3v) is 3.39. The molecule has 3 heteroatoms. The zero-order chi connectivity index (χ0) is 11.5. The van der Waals surface area contributed by atoms with Gasteiger partial charge in [0.15, 0.2) is 0 Å². The Bertz CT molecular complexity index is 510. The monoisotopic (exact) mass is 240 g/mol. The van der Waals surface area contributed by atoms with Crippen LogP contribution in [0.3, 0.4) is 0 Å². The Balaban J connectivity index is 1.93. The van der Waals surface area contributed by atoms with Crippen LogP contribution < -0.4 is 9.42 Å². The van der Waals surface area contributed by atoms with E-state index in [4.69, 9.17) is 0 Å². The number of anilines is 2. The maximum Gasteiger partial charge on any atom is 0.0710 e. The molecule has 0 N–H and O–H groups in total. The molecule has 17 heavy (non-hydrogen) atoms. The summed E-state index contributed by atoms with van der Waals surface area (Å²) in [4.78, 5) is 0. The van der Waals surface area contributed by atoms with Crippen LogP contribution in [0.15, 0.2) is 72.3 Å². The molecule has 1 aliphatic rings. The average molecular weight is 240 g/mol. The summed E-state index contributed by atoms with van der Waals surface area (Å²) < 4.78 is 2.16. The molecule has 84 valence electrons.